The number of benzene rings is 1. The van der Waals surface area contributed by atoms with Crippen molar-refractivity contribution >= 4 is 27.5 Å². The van der Waals surface area contributed by atoms with E-state index in [1.807, 2.05) is 11.0 Å². The van der Waals surface area contributed by atoms with E-state index < -0.39 is 0 Å². The second-order valence-electron chi connectivity index (χ2n) is 7.23. The van der Waals surface area contributed by atoms with Crippen LogP contribution in [-0.2, 0) is 14.9 Å². The van der Waals surface area contributed by atoms with E-state index in [0.717, 1.165) is 29.8 Å². The van der Waals surface area contributed by atoms with Gasteiger partial charge in [0.15, 0.2) is 0 Å². The Balaban J connectivity index is 1.81. The van der Waals surface area contributed by atoms with Gasteiger partial charge in [0, 0.05) is 54.9 Å². The molecule has 0 aromatic heterocycles. The number of methoxy groups -OCH3 is 1. The molecule has 5 nitrogen and oxygen atoms in total. The zero-order valence-corrected chi connectivity index (χ0v) is 16.2. The van der Waals surface area contributed by atoms with E-state index in [-0.39, 0.29) is 11.3 Å². The minimum atomic E-state index is -0.156. The van der Waals surface area contributed by atoms with Crippen molar-refractivity contribution in [2.45, 2.75) is 25.3 Å². The Morgan fingerprint density at radius 1 is 1.50 bits per heavy atom. The number of rotatable bonds is 4. The number of piperazine rings is 1. The van der Waals surface area contributed by atoms with Crippen molar-refractivity contribution in [3.8, 4) is 0 Å². The maximum atomic E-state index is 13.0. The van der Waals surface area contributed by atoms with E-state index >= 15 is 0 Å². The first-order valence-corrected chi connectivity index (χ1v) is 9.27. The lowest BCUT2D eigenvalue weighted by Gasteiger charge is -2.32. The van der Waals surface area contributed by atoms with Gasteiger partial charge in [-0.2, -0.15) is 0 Å². The van der Waals surface area contributed by atoms with Gasteiger partial charge in [-0.1, -0.05) is 28.9 Å². The Kier molecular flexibility index (Phi) is 5.30. The largest absolute Gasteiger partial charge is 0.384 e. The first-order valence-electron chi connectivity index (χ1n) is 8.48. The molecule has 1 aromatic rings. The number of hydrogen-bond acceptors (Lipinski definition) is 4. The van der Waals surface area contributed by atoms with E-state index in [2.05, 4.69) is 52.1 Å². The summed E-state index contributed by atoms with van der Waals surface area (Å²) in [4.78, 5) is 17.2. The van der Waals surface area contributed by atoms with Gasteiger partial charge in [0.1, 0.15) is 0 Å². The number of nitrogens with zero attached hydrogens (tertiary/aromatic N) is 2. The van der Waals surface area contributed by atoms with Gasteiger partial charge < -0.3 is 15.0 Å². The number of anilines is 1. The summed E-state index contributed by atoms with van der Waals surface area (Å²) in [5, 5.41) is 3.42. The van der Waals surface area contributed by atoms with Crippen molar-refractivity contribution < 1.29 is 9.53 Å². The standard InChI is InChI=1S/C18H26BrN3O2/c1-13-9-21(7-6-20-13)10-17(23)22-11-18(2,12-24-3)15-5-4-14(19)8-16(15)22/h4-5,8,13,20H,6-7,9-12H2,1-3H3/t13?,18-/m0/s1. The van der Waals surface area contributed by atoms with Crippen LogP contribution in [0.5, 0.6) is 0 Å². The first-order chi connectivity index (χ1) is 11.4. The number of fused-ring (bicyclic) bond motifs is 1. The second-order valence-corrected chi connectivity index (χ2v) is 8.14. The highest BCUT2D eigenvalue weighted by atomic mass is 79.9. The van der Waals surface area contributed by atoms with Crippen molar-refractivity contribution in [1.82, 2.24) is 10.2 Å². The lowest BCUT2D eigenvalue weighted by atomic mass is 9.85. The van der Waals surface area contributed by atoms with Crippen molar-refractivity contribution in [2.75, 3.05) is 51.3 Å². The predicted molar refractivity (Wildman–Crippen MR) is 99.6 cm³/mol. The lowest BCUT2D eigenvalue weighted by molar-refractivity contribution is -0.120. The van der Waals surface area contributed by atoms with Crippen LogP contribution in [0.1, 0.15) is 19.4 Å². The van der Waals surface area contributed by atoms with Gasteiger partial charge in [0.05, 0.1) is 13.2 Å². The highest BCUT2D eigenvalue weighted by Gasteiger charge is 2.41. The van der Waals surface area contributed by atoms with Crippen molar-refractivity contribution in [3.63, 3.8) is 0 Å². The number of halogens is 1. The molecule has 1 fully saturated rings. The molecule has 0 bridgehead atoms. The van der Waals surface area contributed by atoms with Gasteiger partial charge >= 0.3 is 0 Å². The molecule has 2 atom stereocenters. The molecule has 2 aliphatic heterocycles. The molecule has 0 aliphatic carbocycles. The predicted octanol–water partition coefficient (Wildman–Crippen LogP) is 1.99. The number of nitrogens with one attached hydrogen (secondary N) is 1. The van der Waals surface area contributed by atoms with Gasteiger partial charge in [-0.05, 0) is 24.6 Å². The molecule has 3 rings (SSSR count). The molecule has 0 spiro atoms. The molecule has 1 amide bonds. The van der Waals surface area contributed by atoms with Crippen molar-refractivity contribution in [3.05, 3.63) is 28.2 Å². The molecule has 24 heavy (non-hydrogen) atoms. The maximum Gasteiger partial charge on any atom is 0.241 e. The van der Waals surface area contributed by atoms with Gasteiger partial charge in [0.25, 0.3) is 0 Å². The van der Waals surface area contributed by atoms with E-state index in [4.69, 9.17) is 4.74 Å². The Morgan fingerprint density at radius 3 is 3.00 bits per heavy atom. The lowest BCUT2D eigenvalue weighted by Crippen LogP contribution is -2.52. The molecule has 2 aliphatic rings. The summed E-state index contributed by atoms with van der Waals surface area (Å²) in [5.41, 5.74) is 2.05. The van der Waals surface area contributed by atoms with Crippen LogP contribution in [0, 0.1) is 0 Å². The Labute approximate surface area is 152 Å². The third kappa shape index (κ3) is 3.52. The Morgan fingerprint density at radius 2 is 2.29 bits per heavy atom. The summed E-state index contributed by atoms with van der Waals surface area (Å²) in [6.45, 7) is 8.87. The molecule has 1 N–H and O–H groups in total. The Bertz CT molecular complexity index is 624. The topological polar surface area (TPSA) is 44.8 Å². The molecule has 1 saturated heterocycles. The third-order valence-electron chi connectivity index (χ3n) is 4.98. The van der Waals surface area contributed by atoms with Gasteiger partial charge in [-0.3, -0.25) is 9.69 Å². The summed E-state index contributed by atoms with van der Waals surface area (Å²) in [7, 11) is 1.72. The number of hydrogen-bond donors (Lipinski definition) is 1. The first kappa shape index (κ1) is 17.9. The minimum Gasteiger partial charge on any atom is -0.384 e. The third-order valence-corrected chi connectivity index (χ3v) is 5.48. The van der Waals surface area contributed by atoms with E-state index in [0.29, 0.717) is 25.7 Å². The van der Waals surface area contributed by atoms with E-state index in [9.17, 15) is 4.79 Å². The average molecular weight is 396 g/mol. The molecule has 1 unspecified atom stereocenters. The Hall–Kier alpha value is -0.950. The summed E-state index contributed by atoms with van der Waals surface area (Å²) >= 11 is 3.54. The molecule has 0 radical (unpaired) electrons. The maximum absolute atomic E-state index is 13.0. The number of carbonyl (C=O) groups is 1. The van der Waals surface area contributed by atoms with Crippen LogP contribution in [0.4, 0.5) is 5.69 Å². The SMILES string of the molecule is COC[C@]1(C)CN(C(=O)CN2CCNC(C)C2)c2cc(Br)ccc21. The summed E-state index contributed by atoms with van der Waals surface area (Å²) in [5.74, 6) is 0.170. The molecule has 132 valence electrons. The normalized spacial score (nSPS) is 27.3. The fourth-order valence-electron chi connectivity index (χ4n) is 3.85. The zero-order valence-electron chi connectivity index (χ0n) is 14.6. The smallest absolute Gasteiger partial charge is 0.241 e. The molecular formula is C18H26BrN3O2. The highest BCUT2D eigenvalue weighted by molar-refractivity contribution is 9.10. The summed E-state index contributed by atoms with van der Waals surface area (Å²) < 4.78 is 6.44. The van der Waals surface area contributed by atoms with Crippen molar-refractivity contribution in [2.24, 2.45) is 0 Å². The van der Waals surface area contributed by atoms with Gasteiger partial charge in [0.2, 0.25) is 5.91 Å². The van der Waals surface area contributed by atoms with Gasteiger partial charge in [-0.15, -0.1) is 0 Å². The average Bonchev–Trinajstić information content (AvgIpc) is 2.80. The summed E-state index contributed by atoms with van der Waals surface area (Å²) in [6, 6.07) is 6.64. The molecule has 6 heteroatoms. The van der Waals surface area contributed by atoms with Crippen LogP contribution < -0.4 is 10.2 Å². The van der Waals surface area contributed by atoms with Gasteiger partial charge in [-0.25, -0.2) is 0 Å². The zero-order chi connectivity index (χ0) is 17.3. The molecule has 2 heterocycles. The number of ether oxygens (including phenoxy) is 1. The van der Waals surface area contributed by atoms with Crippen LogP contribution in [-0.4, -0.2) is 63.3 Å². The number of amides is 1. The van der Waals surface area contributed by atoms with Crippen LogP contribution in [0.2, 0.25) is 0 Å². The van der Waals surface area contributed by atoms with Crippen LogP contribution >= 0.6 is 15.9 Å². The van der Waals surface area contributed by atoms with E-state index in [1.54, 1.807) is 7.11 Å². The monoisotopic (exact) mass is 395 g/mol. The molecule has 0 saturated carbocycles. The van der Waals surface area contributed by atoms with E-state index in [1.165, 1.54) is 5.56 Å². The number of carbonyl (C=O) groups excluding carboxylic acids is 1. The molecule has 1 aromatic carbocycles. The fraction of sp³-hybridized carbons (Fsp3) is 0.611. The minimum absolute atomic E-state index is 0.156. The quantitative estimate of drug-likeness (QED) is 0.846. The summed E-state index contributed by atoms with van der Waals surface area (Å²) in [6.07, 6.45) is 0. The highest BCUT2D eigenvalue weighted by Crippen LogP contribution is 2.42. The molecular weight excluding hydrogens is 370 g/mol. The fourth-order valence-corrected chi connectivity index (χ4v) is 4.20. The van der Waals surface area contributed by atoms with Crippen LogP contribution in [0.25, 0.3) is 0 Å². The van der Waals surface area contributed by atoms with Crippen LogP contribution in [0.15, 0.2) is 22.7 Å². The van der Waals surface area contributed by atoms with Crippen molar-refractivity contribution in [1.29, 1.82) is 0 Å². The van der Waals surface area contributed by atoms with Crippen LogP contribution in [0.3, 0.4) is 0 Å². The second kappa shape index (κ2) is 7.12.